The first-order chi connectivity index (χ1) is 7.95. The third kappa shape index (κ3) is 3.61. The van der Waals surface area contributed by atoms with Crippen molar-refractivity contribution in [2.45, 2.75) is 6.92 Å². The van der Waals surface area contributed by atoms with E-state index in [-0.39, 0.29) is 11.9 Å². The van der Waals surface area contributed by atoms with Crippen molar-refractivity contribution in [3.63, 3.8) is 0 Å². The standard InChI is InChI=1S/C10H13BrClN5/c1-2-17(10(15)16-9(13)14)8-4-3-6(12)5-7(8)11/h3-5H,2H2,1H3,(H5,13,14,15,16). The Balaban J connectivity index is 3.10. The second kappa shape index (κ2) is 5.88. The zero-order chi connectivity index (χ0) is 13.0. The topological polar surface area (TPSA) is 91.5 Å². The van der Waals surface area contributed by atoms with Crippen molar-refractivity contribution < 1.29 is 0 Å². The first kappa shape index (κ1) is 13.8. The van der Waals surface area contributed by atoms with Gasteiger partial charge in [0.15, 0.2) is 5.96 Å². The quantitative estimate of drug-likeness (QED) is 0.576. The highest BCUT2D eigenvalue weighted by Crippen LogP contribution is 2.29. The van der Waals surface area contributed by atoms with Gasteiger partial charge in [0.2, 0.25) is 5.96 Å². The molecule has 0 aromatic heterocycles. The van der Waals surface area contributed by atoms with Crippen LogP contribution in [0.3, 0.4) is 0 Å². The van der Waals surface area contributed by atoms with Gasteiger partial charge in [-0.05, 0) is 41.1 Å². The molecule has 1 aromatic rings. The van der Waals surface area contributed by atoms with E-state index < -0.39 is 0 Å². The van der Waals surface area contributed by atoms with Crippen molar-refractivity contribution in [3.05, 3.63) is 27.7 Å². The van der Waals surface area contributed by atoms with E-state index in [1.54, 1.807) is 23.1 Å². The molecule has 0 aliphatic carbocycles. The van der Waals surface area contributed by atoms with Crippen molar-refractivity contribution >= 4 is 45.1 Å². The van der Waals surface area contributed by atoms with E-state index in [1.165, 1.54) is 0 Å². The maximum Gasteiger partial charge on any atom is 0.225 e. The number of halogens is 2. The fraction of sp³-hybridized carbons (Fsp3) is 0.200. The summed E-state index contributed by atoms with van der Waals surface area (Å²) >= 11 is 9.25. The van der Waals surface area contributed by atoms with Crippen LogP contribution in [0.5, 0.6) is 0 Å². The Hall–Kier alpha value is -1.27. The molecule has 5 N–H and O–H groups in total. The predicted molar refractivity (Wildman–Crippen MR) is 75.7 cm³/mol. The first-order valence-electron chi connectivity index (χ1n) is 4.86. The molecule has 0 unspecified atom stereocenters. The molecule has 0 aliphatic heterocycles. The number of rotatable bonds is 2. The molecular weight excluding hydrogens is 306 g/mol. The smallest absolute Gasteiger partial charge is 0.225 e. The molecule has 0 heterocycles. The van der Waals surface area contributed by atoms with E-state index in [1.807, 2.05) is 6.92 Å². The van der Waals surface area contributed by atoms with E-state index in [0.29, 0.717) is 11.6 Å². The van der Waals surface area contributed by atoms with Crippen molar-refractivity contribution in [2.75, 3.05) is 11.4 Å². The van der Waals surface area contributed by atoms with Gasteiger partial charge in [0, 0.05) is 16.0 Å². The SMILES string of the molecule is CCN(C(=N)N=C(N)N)c1ccc(Cl)cc1Br. The van der Waals surface area contributed by atoms with E-state index in [2.05, 4.69) is 20.9 Å². The summed E-state index contributed by atoms with van der Waals surface area (Å²) in [6.07, 6.45) is 0. The van der Waals surface area contributed by atoms with Gasteiger partial charge in [-0.1, -0.05) is 11.6 Å². The summed E-state index contributed by atoms with van der Waals surface area (Å²) in [6, 6.07) is 5.29. The summed E-state index contributed by atoms with van der Waals surface area (Å²) in [5.74, 6) is -0.158. The summed E-state index contributed by atoms with van der Waals surface area (Å²) in [4.78, 5) is 5.37. The van der Waals surface area contributed by atoms with Gasteiger partial charge in [-0.15, -0.1) is 0 Å². The van der Waals surface area contributed by atoms with Crippen LogP contribution in [0.1, 0.15) is 6.92 Å². The molecule has 0 atom stereocenters. The Morgan fingerprint density at radius 3 is 2.65 bits per heavy atom. The highest BCUT2D eigenvalue weighted by atomic mass is 79.9. The number of hydrogen-bond donors (Lipinski definition) is 3. The van der Waals surface area contributed by atoms with Gasteiger partial charge < -0.3 is 16.4 Å². The molecule has 0 radical (unpaired) electrons. The number of anilines is 1. The van der Waals surface area contributed by atoms with Gasteiger partial charge in [-0.2, -0.15) is 4.99 Å². The number of nitrogens with two attached hydrogens (primary N) is 2. The summed E-state index contributed by atoms with van der Waals surface area (Å²) in [5.41, 5.74) is 11.3. The fourth-order valence-electron chi connectivity index (χ4n) is 1.32. The van der Waals surface area contributed by atoms with Gasteiger partial charge in [0.1, 0.15) is 0 Å². The lowest BCUT2D eigenvalue weighted by molar-refractivity contribution is 1.03. The van der Waals surface area contributed by atoms with Gasteiger partial charge in [0.25, 0.3) is 0 Å². The van der Waals surface area contributed by atoms with Crippen molar-refractivity contribution in [2.24, 2.45) is 16.5 Å². The molecule has 1 aromatic carbocycles. The molecule has 0 spiro atoms. The lowest BCUT2D eigenvalue weighted by Crippen LogP contribution is -2.33. The third-order valence-electron chi connectivity index (χ3n) is 2.01. The van der Waals surface area contributed by atoms with Gasteiger partial charge >= 0.3 is 0 Å². The minimum Gasteiger partial charge on any atom is -0.370 e. The predicted octanol–water partition coefficient (Wildman–Crippen LogP) is 2.14. The second-order valence-electron chi connectivity index (χ2n) is 3.20. The van der Waals surface area contributed by atoms with Crippen molar-refractivity contribution in [3.8, 4) is 0 Å². The van der Waals surface area contributed by atoms with E-state index in [9.17, 15) is 0 Å². The summed E-state index contributed by atoms with van der Waals surface area (Å²) in [6.45, 7) is 2.47. The molecule has 5 nitrogen and oxygen atoms in total. The maximum absolute atomic E-state index is 7.79. The molecule has 0 amide bonds. The molecule has 0 fully saturated rings. The highest BCUT2D eigenvalue weighted by Gasteiger charge is 2.13. The maximum atomic E-state index is 7.79. The molecule has 0 saturated heterocycles. The molecule has 0 aliphatic rings. The monoisotopic (exact) mass is 317 g/mol. The average Bonchev–Trinajstić information content (AvgIpc) is 2.21. The normalized spacial score (nSPS) is 9.82. The summed E-state index contributed by atoms with van der Waals surface area (Å²) in [7, 11) is 0. The van der Waals surface area contributed by atoms with Crippen LogP contribution in [0, 0.1) is 5.41 Å². The van der Waals surface area contributed by atoms with Crippen LogP contribution in [-0.2, 0) is 0 Å². The van der Waals surface area contributed by atoms with Gasteiger partial charge in [-0.25, -0.2) is 0 Å². The Morgan fingerprint density at radius 2 is 2.18 bits per heavy atom. The first-order valence-corrected chi connectivity index (χ1v) is 6.03. The molecule has 92 valence electrons. The Morgan fingerprint density at radius 1 is 1.53 bits per heavy atom. The highest BCUT2D eigenvalue weighted by molar-refractivity contribution is 9.10. The van der Waals surface area contributed by atoms with E-state index >= 15 is 0 Å². The molecule has 17 heavy (non-hydrogen) atoms. The number of benzene rings is 1. The number of hydrogen-bond acceptors (Lipinski definition) is 1. The molecule has 1 rings (SSSR count). The van der Waals surface area contributed by atoms with Crippen LogP contribution < -0.4 is 16.4 Å². The van der Waals surface area contributed by atoms with Crippen LogP contribution in [-0.4, -0.2) is 18.5 Å². The Labute approximate surface area is 113 Å². The summed E-state index contributed by atoms with van der Waals surface area (Å²) < 4.78 is 0.780. The number of nitrogens with zero attached hydrogens (tertiary/aromatic N) is 2. The van der Waals surface area contributed by atoms with E-state index in [0.717, 1.165) is 10.2 Å². The van der Waals surface area contributed by atoms with Crippen LogP contribution in [0.2, 0.25) is 5.02 Å². The second-order valence-corrected chi connectivity index (χ2v) is 4.49. The summed E-state index contributed by atoms with van der Waals surface area (Å²) in [5, 5.41) is 8.40. The molecule has 7 heteroatoms. The number of nitrogens with one attached hydrogen (secondary N) is 1. The lowest BCUT2D eigenvalue weighted by Gasteiger charge is -2.22. The minimum atomic E-state index is -0.140. The van der Waals surface area contributed by atoms with Gasteiger partial charge in [0.05, 0.1) is 5.69 Å². The van der Waals surface area contributed by atoms with Crippen LogP contribution in [0.25, 0.3) is 0 Å². The van der Waals surface area contributed by atoms with Crippen molar-refractivity contribution in [1.82, 2.24) is 0 Å². The van der Waals surface area contributed by atoms with Crippen LogP contribution >= 0.6 is 27.5 Å². The Kier molecular flexibility index (Phi) is 4.77. The Bertz CT molecular complexity index is 456. The minimum absolute atomic E-state index is 0.0180. The largest absolute Gasteiger partial charge is 0.370 e. The van der Waals surface area contributed by atoms with Crippen LogP contribution in [0.4, 0.5) is 5.69 Å². The number of guanidine groups is 2. The van der Waals surface area contributed by atoms with Crippen molar-refractivity contribution in [1.29, 1.82) is 5.41 Å². The van der Waals surface area contributed by atoms with E-state index in [4.69, 9.17) is 28.5 Å². The average molecular weight is 319 g/mol. The number of aliphatic imine (C=N–C) groups is 1. The fourth-order valence-corrected chi connectivity index (χ4v) is 2.21. The third-order valence-corrected chi connectivity index (χ3v) is 2.88. The zero-order valence-electron chi connectivity index (χ0n) is 9.24. The lowest BCUT2D eigenvalue weighted by atomic mass is 10.3. The molecule has 0 saturated carbocycles. The van der Waals surface area contributed by atoms with Gasteiger partial charge in [-0.3, -0.25) is 5.41 Å². The zero-order valence-corrected chi connectivity index (χ0v) is 11.6. The molecule has 0 bridgehead atoms. The molecular formula is C10H13BrClN5. The van der Waals surface area contributed by atoms with Crippen LogP contribution in [0.15, 0.2) is 27.7 Å².